The summed E-state index contributed by atoms with van der Waals surface area (Å²) >= 11 is 17.9. The van der Waals surface area contributed by atoms with Gasteiger partial charge in [0.2, 0.25) is 5.91 Å². The minimum atomic E-state index is -0.218. The molecule has 0 aliphatic rings. The molecule has 0 aromatic heterocycles. The molecule has 0 radical (unpaired) electrons. The minimum absolute atomic E-state index is 0.0394. The van der Waals surface area contributed by atoms with Gasteiger partial charge in [0.05, 0.1) is 33.9 Å². The molecule has 0 heterocycles. The lowest BCUT2D eigenvalue weighted by atomic mass is 10.3. The van der Waals surface area contributed by atoms with Gasteiger partial charge in [0.1, 0.15) is 5.75 Å². The third kappa shape index (κ3) is 5.48. The van der Waals surface area contributed by atoms with Gasteiger partial charge in [0.15, 0.2) is 0 Å². The average Bonchev–Trinajstić information content (AvgIpc) is 2.55. The fourth-order valence-corrected chi connectivity index (χ4v) is 2.54. The maximum Gasteiger partial charge on any atom is 0.243 e. The summed E-state index contributed by atoms with van der Waals surface area (Å²) in [7, 11) is 0. The summed E-state index contributed by atoms with van der Waals surface area (Å²) in [5.41, 5.74) is 1.21. The van der Waals surface area contributed by atoms with Gasteiger partial charge in [-0.25, -0.2) is 0 Å². The molecule has 0 atom stereocenters. The fraction of sp³-hybridized carbons (Fsp3) is 0.235. The summed E-state index contributed by atoms with van der Waals surface area (Å²) in [5.74, 6) is 0.500. The van der Waals surface area contributed by atoms with Gasteiger partial charge in [0, 0.05) is 11.8 Å². The average molecular weight is 388 g/mol. The molecule has 0 saturated heterocycles. The molecular weight excluding hydrogens is 371 g/mol. The molecule has 0 bridgehead atoms. The van der Waals surface area contributed by atoms with E-state index in [4.69, 9.17) is 39.5 Å². The molecule has 1 amide bonds. The summed E-state index contributed by atoms with van der Waals surface area (Å²) in [6.45, 7) is 2.71. The SMILES string of the molecule is CCCOc1cccc(NC(=O)CNc2cc(Cl)c(Cl)cc2Cl)c1. The van der Waals surface area contributed by atoms with E-state index in [1.807, 2.05) is 19.1 Å². The van der Waals surface area contributed by atoms with Crippen LogP contribution in [0.3, 0.4) is 0 Å². The Balaban J connectivity index is 1.93. The maximum absolute atomic E-state index is 12.1. The molecule has 0 saturated carbocycles. The van der Waals surface area contributed by atoms with Gasteiger partial charge in [-0.1, -0.05) is 47.8 Å². The second-order valence-electron chi connectivity index (χ2n) is 5.02. The first-order valence-electron chi connectivity index (χ1n) is 7.40. The van der Waals surface area contributed by atoms with Crippen molar-refractivity contribution in [1.29, 1.82) is 0 Å². The molecule has 2 N–H and O–H groups in total. The van der Waals surface area contributed by atoms with E-state index in [1.165, 1.54) is 6.07 Å². The van der Waals surface area contributed by atoms with Crippen LogP contribution in [0.2, 0.25) is 15.1 Å². The van der Waals surface area contributed by atoms with Crippen molar-refractivity contribution in [1.82, 2.24) is 0 Å². The molecule has 2 rings (SSSR count). The predicted octanol–water partition coefficient (Wildman–Crippen LogP) is 5.49. The number of hydrogen-bond acceptors (Lipinski definition) is 3. The summed E-state index contributed by atoms with van der Waals surface area (Å²) in [6.07, 6.45) is 0.922. The quantitative estimate of drug-likeness (QED) is 0.618. The van der Waals surface area contributed by atoms with E-state index >= 15 is 0 Å². The topological polar surface area (TPSA) is 50.4 Å². The second-order valence-corrected chi connectivity index (χ2v) is 6.25. The van der Waals surface area contributed by atoms with Crippen LogP contribution >= 0.6 is 34.8 Å². The highest BCUT2D eigenvalue weighted by Crippen LogP contribution is 2.32. The standard InChI is InChI=1S/C17H17Cl3N2O2/c1-2-6-24-12-5-3-4-11(7-12)22-17(23)10-21-16-9-14(19)13(18)8-15(16)20/h3-5,7-9,21H,2,6,10H2,1H3,(H,22,23). The Morgan fingerprint density at radius 2 is 1.83 bits per heavy atom. The van der Waals surface area contributed by atoms with Crippen molar-refractivity contribution in [2.75, 3.05) is 23.8 Å². The zero-order valence-corrected chi connectivity index (χ0v) is 15.3. The van der Waals surface area contributed by atoms with Crippen molar-refractivity contribution in [3.63, 3.8) is 0 Å². The van der Waals surface area contributed by atoms with Crippen LogP contribution in [0, 0.1) is 0 Å². The van der Waals surface area contributed by atoms with Crippen LogP contribution in [-0.2, 0) is 4.79 Å². The fourth-order valence-electron chi connectivity index (χ4n) is 1.92. The van der Waals surface area contributed by atoms with E-state index in [9.17, 15) is 4.79 Å². The van der Waals surface area contributed by atoms with E-state index in [0.29, 0.717) is 33.0 Å². The summed E-state index contributed by atoms with van der Waals surface area (Å²) in [4.78, 5) is 12.1. The third-order valence-corrected chi connectivity index (χ3v) is 4.07. The number of carbonyl (C=O) groups excluding carboxylic acids is 1. The molecule has 0 fully saturated rings. The Morgan fingerprint density at radius 3 is 2.58 bits per heavy atom. The normalized spacial score (nSPS) is 10.3. The molecule has 0 spiro atoms. The molecule has 2 aromatic rings. The van der Waals surface area contributed by atoms with Gasteiger partial charge in [-0.05, 0) is 30.7 Å². The first kappa shape index (κ1) is 18.7. The predicted molar refractivity (Wildman–Crippen MR) is 101 cm³/mol. The lowest BCUT2D eigenvalue weighted by Crippen LogP contribution is -2.21. The van der Waals surface area contributed by atoms with Crippen molar-refractivity contribution in [3.05, 3.63) is 51.5 Å². The molecule has 128 valence electrons. The number of nitrogens with one attached hydrogen (secondary N) is 2. The molecule has 0 aliphatic carbocycles. The van der Waals surface area contributed by atoms with E-state index in [0.717, 1.165) is 12.2 Å². The lowest BCUT2D eigenvalue weighted by Gasteiger charge is -2.11. The van der Waals surface area contributed by atoms with Crippen molar-refractivity contribution in [2.24, 2.45) is 0 Å². The number of ether oxygens (including phenoxy) is 1. The van der Waals surface area contributed by atoms with Crippen LogP contribution in [0.4, 0.5) is 11.4 Å². The number of amides is 1. The summed E-state index contributed by atoms with van der Waals surface area (Å²) in [5, 5.41) is 6.85. The Hall–Kier alpha value is -1.62. The Labute approximate surface area is 156 Å². The van der Waals surface area contributed by atoms with Crippen LogP contribution in [0.1, 0.15) is 13.3 Å². The molecule has 0 aliphatic heterocycles. The molecule has 24 heavy (non-hydrogen) atoms. The van der Waals surface area contributed by atoms with Crippen LogP contribution in [0.25, 0.3) is 0 Å². The molecule has 4 nitrogen and oxygen atoms in total. The van der Waals surface area contributed by atoms with E-state index in [1.54, 1.807) is 18.2 Å². The van der Waals surface area contributed by atoms with Crippen LogP contribution in [0.5, 0.6) is 5.75 Å². The number of benzene rings is 2. The highest BCUT2D eigenvalue weighted by Gasteiger charge is 2.08. The Morgan fingerprint density at radius 1 is 1.08 bits per heavy atom. The van der Waals surface area contributed by atoms with Gasteiger partial charge < -0.3 is 15.4 Å². The van der Waals surface area contributed by atoms with Crippen LogP contribution in [0.15, 0.2) is 36.4 Å². The number of rotatable bonds is 7. The van der Waals surface area contributed by atoms with Gasteiger partial charge in [-0.2, -0.15) is 0 Å². The van der Waals surface area contributed by atoms with E-state index in [-0.39, 0.29) is 12.5 Å². The first-order chi connectivity index (χ1) is 11.5. The van der Waals surface area contributed by atoms with Crippen molar-refractivity contribution < 1.29 is 9.53 Å². The van der Waals surface area contributed by atoms with Crippen molar-refractivity contribution in [2.45, 2.75) is 13.3 Å². The highest BCUT2D eigenvalue weighted by atomic mass is 35.5. The van der Waals surface area contributed by atoms with Gasteiger partial charge in [0.25, 0.3) is 0 Å². The van der Waals surface area contributed by atoms with E-state index in [2.05, 4.69) is 10.6 Å². The number of halogens is 3. The minimum Gasteiger partial charge on any atom is -0.494 e. The largest absolute Gasteiger partial charge is 0.494 e. The smallest absolute Gasteiger partial charge is 0.243 e. The van der Waals surface area contributed by atoms with Crippen molar-refractivity contribution >= 4 is 52.1 Å². The monoisotopic (exact) mass is 386 g/mol. The second kappa shape index (κ2) is 9.02. The lowest BCUT2D eigenvalue weighted by molar-refractivity contribution is -0.114. The number of hydrogen-bond donors (Lipinski definition) is 2. The molecule has 0 unspecified atom stereocenters. The van der Waals surface area contributed by atoms with Crippen molar-refractivity contribution in [3.8, 4) is 5.75 Å². The summed E-state index contributed by atoms with van der Waals surface area (Å²) < 4.78 is 5.54. The van der Waals surface area contributed by atoms with Crippen LogP contribution < -0.4 is 15.4 Å². The first-order valence-corrected chi connectivity index (χ1v) is 8.54. The highest BCUT2D eigenvalue weighted by molar-refractivity contribution is 6.44. The molecule has 7 heteroatoms. The number of carbonyl (C=O) groups is 1. The zero-order chi connectivity index (χ0) is 17.5. The molecule has 2 aromatic carbocycles. The zero-order valence-electron chi connectivity index (χ0n) is 13.0. The molecular formula is C17H17Cl3N2O2. The van der Waals surface area contributed by atoms with Gasteiger partial charge in [-0.3, -0.25) is 4.79 Å². The summed E-state index contributed by atoms with van der Waals surface area (Å²) in [6, 6.07) is 10.4. The van der Waals surface area contributed by atoms with Gasteiger partial charge >= 0.3 is 0 Å². The maximum atomic E-state index is 12.1. The Kier molecular flexibility index (Phi) is 7.03. The number of anilines is 2. The third-order valence-electron chi connectivity index (χ3n) is 3.04. The van der Waals surface area contributed by atoms with Gasteiger partial charge in [-0.15, -0.1) is 0 Å². The van der Waals surface area contributed by atoms with Crippen LogP contribution in [-0.4, -0.2) is 19.1 Å². The van der Waals surface area contributed by atoms with E-state index < -0.39 is 0 Å². The Bertz CT molecular complexity index is 723.